The molecule has 134 valence electrons. The third-order valence-electron chi connectivity index (χ3n) is 4.01. The summed E-state index contributed by atoms with van der Waals surface area (Å²) in [4.78, 5) is 24.1. The van der Waals surface area contributed by atoms with Gasteiger partial charge < -0.3 is 5.32 Å². The second-order valence-corrected chi connectivity index (χ2v) is 6.33. The van der Waals surface area contributed by atoms with Crippen LogP contribution in [-0.4, -0.2) is 26.4 Å². The maximum absolute atomic E-state index is 12.1. The highest BCUT2D eigenvalue weighted by molar-refractivity contribution is 5.96. The van der Waals surface area contributed by atoms with Gasteiger partial charge in [0, 0.05) is 24.7 Å². The first-order chi connectivity index (χ1) is 12.5. The number of carbonyl (C=O) groups is 2. The Morgan fingerprint density at radius 3 is 2.35 bits per heavy atom. The average molecular weight is 351 g/mol. The van der Waals surface area contributed by atoms with Crippen molar-refractivity contribution in [2.75, 3.05) is 10.6 Å². The molecule has 0 spiro atoms. The van der Waals surface area contributed by atoms with Crippen LogP contribution < -0.4 is 10.6 Å². The second-order valence-electron chi connectivity index (χ2n) is 6.33. The molecule has 1 aromatic carbocycles. The third kappa shape index (κ3) is 4.24. The molecule has 0 saturated heterocycles. The van der Waals surface area contributed by atoms with Crippen molar-refractivity contribution in [3.05, 3.63) is 54.2 Å². The number of fused-ring (bicyclic) bond motifs is 1. The summed E-state index contributed by atoms with van der Waals surface area (Å²) in [7, 11) is 0. The van der Waals surface area contributed by atoms with Crippen molar-refractivity contribution >= 4 is 29.1 Å². The summed E-state index contributed by atoms with van der Waals surface area (Å²) in [6.45, 7) is 4.23. The van der Waals surface area contributed by atoms with E-state index in [1.807, 2.05) is 36.4 Å². The predicted octanol–water partition coefficient (Wildman–Crippen LogP) is 3.21. The molecular formula is C19H21N5O2. The molecule has 3 rings (SSSR count). The lowest BCUT2D eigenvalue weighted by molar-refractivity contribution is -0.121. The van der Waals surface area contributed by atoms with Crippen molar-refractivity contribution in [3.8, 4) is 0 Å². The summed E-state index contributed by atoms with van der Waals surface area (Å²) in [6, 6.07) is 13.2. The highest BCUT2D eigenvalue weighted by Crippen LogP contribution is 2.17. The van der Waals surface area contributed by atoms with Crippen LogP contribution in [0, 0.1) is 0 Å². The quantitative estimate of drug-likeness (QED) is 0.714. The molecule has 0 bridgehead atoms. The molecule has 0 saturated carbocycles. The molecule has 2 N–H and O–H groups in total. The number of hydrogen-bond donors (Lipinski definition) is 2. The summed E-state index contributed by atoms with van der Waals surface area (Å²) in [5.41, 5.74) is 2.58. The molecule has 3 aromatic rings. The molecule has 0 aliphatic carbocycles. The van der Waals surface area contributed by atoms with Gasteiger partial charge in [0.15, 0.2) is 5.65 Å². The van der Waals surface area contributed by atoms with E-state index in [9.17, 15) is 9.59 Å². The monoisotopic (exact) mass is 351 g/mol. The Morgan fingerprint density at radius 1 is 0.962 bits per heavy atom. The van der Waals surface area contributed by atoms with Crippen molar-refractivity contribution in [2.45, 2.75) is 32.6 Å². The molecule has 26 heavy (non-hydrogen) atoms. The van der Waals surface area contributed by atoms with Crippen molar-refractivity contribution < 1.29 is 9.59 Å². The molecule has 7 nitrogen and oxygen atoms in total. The number of benzene rings is 1. The van der Waals surface area contributed by atoms with Gasteiger partial charge in [0.25, 0.3) is 0 Å². The lowest BCUT2D eigenvalue weighted by Gasteiger charge is -2.08. The molecule has 0 radical (unpaired) electrons. The van der Waals surface area contributed by atoms with Gasteiger partial charge >= 0.3 is 0 Å². The normalized spacial score (nSPS) is 10.9. The van der Waals surface area contributed by atoms with Crippen LogP contribution in [0.25, 0.3) is 5.65 Å². The molecule has 0 aliphatic heterocycles. The second kappa shape index (κ2) is 7.77. The SMILES string of the molecule is CC(C)c1ccc(NC(=O)CCC(=O)Nc2nnc3ccccn23)cc1. The largest absolute Gasteiger partial charge is 0.326 e. The number of hydrogen-bond acceptors (Lipinski definition) is 4. The fraction of sp³-hybridized carbons (Fsp3) is 0.263. The van der Waals surface area contributed by atoms with E-state index in [1.165, 1.54) is 5.56 Å². The zero-order chi connectivity index (χ0) is 18.5. The standard InChI is InChI=1S/C19H21N5O2/c1-13(2)14-6-8-15(9-7-14)20-17(25)10-11-18(26)21-19-23-22-16-5-3-4-12-24(16)19/h3-9,12-13H,10-11H2,1-2H3,(H,20,25)(H,21,23,26). The number of pyridine rings is 1. The topological polar surface area (TPSA) is 88.4 Å². The summed E-state index contributed by atoms with van der Waals surface area (Å²) in [5, 5.41) is 13.4. The molecular weight excluding hydrogens is 330 g/mol. The Bertz CT molecular complexity index is 915. The minimum absolute atomic E-state index is 0.0671. The van der Waals surface area contributed by atoms with E-state index in [4.69, 9.17) is 0 Å². The van der Waals surface area contributed by atoms with E-state index in [1.54, 1.807) is 16.7 Å². The minimum atomic E-state index is -0.284. The van der Waals surface area contributed by atoms with Crippen LogP contribution >= 0.6 is 0 Å². The van der Waals surface area contributed by atoms with Crippen molar-refractivity contribution in [1.82, 2.24) is 14.6 Å². The van der Waals surface area contributed by atoms with E-state index >= 15 is 0 Å². The predicted molar refractivity (Wildman–Crippen MR) is 100 cm³/mol. The van der Waals surface area contributed by atoms with Crippen molar-refractivity contribution in [3.63, 3.8) is 0 Å². The van der Waals surface area contributed by atoms with Gasteiger partial charge in [0.1, 0.15) is 0 Å². The van der Waals surface area contributed by atoms with Crippen LogP contribution in [-0.2, 0) is 9.59 Å². The first-order valence-electron chi connectivity index (χ1n) is 8.52. The molecule has 7 heteroatoms. The first-order valence-corrected chi connectivity index (χ1v) is 8.52. The smallest absolute Gasteiger partial charge is 0.235 e. The van der Waals surface area contributed by atoms with E-state index in [2.05, 4.69) is 34.7 Å². The Kier molecular flexibility index (Phi) is 5.26. The fourth-order valence-corrected chi connectivity index (χ4v) is 2.52. The van der Waals surface area contributed by atoms with Gasteiger partial charge in [-0.3, -0.25) is 19.3 Å². The Labute approximate surface area is 151 Å². The van der Waals surface area contributed by atoms with E-state index in [-0.39, 0.29) is 24.7 Å². The lowest BCUT2D eigenvalue weighted by Crippen LogP contribution is -2.18. The summed E-state index contributed by atoms with van der Waals surface area (Å²) in [6.07, 6.45) is 1.92. The number of anilines is 2. The molecule has 0 unspecified atom stereocenters. The highest BCUT2D eigenvalue weighted by atomic mass is 16.2. The van der Waals surface area contributed by atoms with Gasteiger partial charge in [-0.25, -0.2) is 0 Å². The number of nitrogens with one attached hydrogen (secondary N) is 2. The third-order valence-corrected chi connectivity index (χ3v) is 4.01. The van der Waals surface area contributed by atoms with Gasteiger partial charge in [0.05, 0.1) is 0 Å². The first kappa shape index (κ1) is 17.6. The maximum Gasteiger partial charge on any atom is 0.235 e. The summed E-state index contributed by atoms with van der Waals surface area (Å²) in [5.74, 6) is 0.295. The molecule has 0 fully saturated rings. The van der Waals surface area contributed by atoms with E-state index in [0.29, 0.717) is 17.5 Å². The zero-order valence-electron chi connectivity index (χ0n) is 14.8. The lowest BCUT2D eigenvalue weighted by atomic mass is 10.0. The summed E-state index contributed by atoms with van der Waals surface area (Å²) < 4.78 is 1.67. The Morgan fingerprint density at radius 2 is 1.65 bits per heavy atom. The van der Waals surface area contributed by atoms with Gasteiger partial charge in [-0.2, -0.15) is 0 Å². The summed E-state index contributed by atoms with van der Waals surface area (Å²) >= 11 is 0. The fourth-order valence-electron chi connectivity index (χ4n) is 2.52. The Hall–Kier alpha value is -3.22. The average Bonchev–Trinajstić information content (AvgIpc) is 3.03. The van der Waals surface area contributed by atoms with Crippen LogP contribution in [0.2, 0.25) is 0 Å². The number of carbonyl (C=O) groups excluding carboxylic acids is 2. The van der Waals surface area contributed by atoms with Crippen molar-refractivity contribution in [2.24, 2.45) is 0 Å². The number of aromatic nitrogens is 3. The van der Waals surface area contributed by atoms with Crippen LogP contribution in [0.1, 0.15) is 38.2 Å². The van der Waals surface area contributed by atoms with Gasteiger partial charge in [-0.1, -0.05) is 32.0 Å². The van der Waals surface area contributed by atoms with Crippen LogP contribution in [0.15, 0.2) is 48.7 Å². The molecule has 2 aromatic heterocycles. The van der Waals surface area contributed by atoms with Crippen LogP contribution in [0.5, 0.6) is 0 Å². The maximum atomic E-state index is 12.1. The highest BCUT2D eigenvalue weighted by Gasteiger charge is 2.11. The van der Waals surface area contributed by atoms with E-state index in [0.717, 1.165) is 5.69 Å². The van der Waals surface area contributed by atoms with Gasteiger partial charge in [-0.05, 0) is 35.7 Å². The molecule has 2 heterocycles. The van der Waals surface area contributed by atoms with Gasteiger partial charge in [0.2, 0.25) is 17.8 Å². The number of rotatable bonds is 6. The van der Waals surface area contributed by atoms with Crippen molar-refractivity contribution in [1.29, 1.82) is 0 Å². The zero-order valence-corrected chi connectivity index (χ0v) is 14.8. The number of amides is 2. The van der Waals surface area contributed by atoms with Crippen LogP contribution in [0.4, 0.5) is 11.6 Å². The molecule has 0 atom stereocenters. The van der Waals surface area contributed by atoms with E-state index < -0.39 is 0 Å². The molecule has 0 aliphatic rings. The van der Waals surface area contributed by atoms with Crippen LogP contribution in [0.3, 0.4) is 0 Å². The minimum Gasteiger partial charge on any atom is -0.326 e. The number of nitrogens with zero attached hydrogens (tertiary/aromatic N) is 3. The molecule has 2 amide bonds. The van der Waals surface area contributed by atoms with Gasteiger partial charge in [-0.15, -0.1) is 10.2 Å². The Balaban J connectivity index is 1.50.